The van der Waals surface area contributed by atoms with E-state index in [-0.39, 0.29) is 11.6 Å². The Hall–Kier alpha value is -2.16. The van der Waals surface area contributed by atoms with Crippen molar-refractivity contribution in [2.75, 3.05) is 0 Å². The Kier molecular flexibility index (Phi) is 5.17. The first-order valence-electron chi connectivity index (χ1n) is 7.33. The maximum absolute atomic E-state index is 13.1. The van der Waals surface area contributed by atoms with Crippen molar-refractivity contribution < 1.29 is 21.9 Å². The molecular formula is C17H12ClF3N2O2S. The van der Waals surface area contributed by atoms with E-state index in [9.17, 15) is 17.4 Å². The normalized spacial score (nSPS) is 13.0. The molecule has 1 heterocycles. The largest absolute Gasteiger partial charge is 0.434 e. The lowest BCUT2D eigenvalue weighted by molar-refractivity contribution is -0.140. The van der Waals surface area contributed by atoms with E-state index < -0.39 is 23.0 Å². The molecule has 0 saturated heterocycles. The van der Waals surface area contributed by atoms with Gasteiger partial charge in [-0.05, 0) is 29.8 Å². The number of halogens is 4. The lowest BCUT2D eigenvalue weighted by Crippen LogP contribution is -2.05. The Balaban J connectivity index is 2.10. The SMILES string of the molecule is O=S(O)Cc1ccc(-n2cc(C(F)(F)F)nc2-c2cccc(Cl)c2)cc1. The molecule has 0 bridgehead atoms. The van der Waals surface area contributed by atoms with Crippen LogP contribution in [-0.2, 0) is 23.0 Å². The van der Waals surface area contributed by atoms with Crippen LogP contribution in [0.3, 0.4) is 0 Å². The van der Waals surface area contributed by atoms with E-state index in [1.54, 1.807) is 42.5 Å². The van der Waals surface area contributed by atoms with Crippen molar-refractivity contribution in [1.29, 1.82) is 0 Å². The van der Waals surface area contributed by atoms with E-state index in [1.165, 1.54) is 10.6 Å². The highest BCUT2D eigenvalue weighted by Gasteiger charge is 2.35. The molecule has 4 nitrogen and oxygen atoms in total. The summed E-state index contributed by atoms with van der Waals surface area (Å²) in [6, 6.07) is 12.7. The molecule has 0 fully saturated rings. The fraction of sp³-hybridized carbons (Fsp3) is 0.118. The fourth-order valence-corrected chi connectivity index (χ4v) is 3.11. The number of nitrogens with zero attached hydrogens (tertiary/aromatic N) is 2. The highest BCUT2D eigenvalue weighted by atomic mass is 35.5. The molecule has 3 aromatic rings. The van der Waals surface area contributed by atoms with Gasteiger partial charge in [-0.3, -0.25) is 4.57 Å². The van der Waals surface area contributed by atoms with Gasteiger partial charge in [-0.1, -0.05) is 35.9 Å². The minimum absolute atomic E-state index is 0.0564. The second kappa shape index (κ2) is 7.22. The summed E-state index contributed by atoms with van der Waals surface area (Å²) in [6.45, 7) is 0. The van der Waals surface area contributed by atoms with Gasteiger partial charge in [0.1, 0.15) is 5.82 Å². The van der Waals surface area contributed by atoms with Gasteiger partial charge >= 0.3 is 6.18 Å². The molecule has 1 aromatic heterocycles. The fourth-order valence-electron chi connectivity index (χ4n) is 2.44. The molecule has 26 heavy (non-hydrogen) atoms. The molecule has 1 atom stereocenters. The van der Waals surface area contributed by atoms with Crippen molar-refractivity contribution >= 4 is 22.7 Å². The lowest BCUT2D eigenvalue weighted by atomic mass is 10.2. The highest BCUT2D eigenvalue weighted by Crippen LogP contribution is 2.33. The van der Waals surface area contributed by atoms with Gasteiger partial charge in [0.2, 0.25) is 0 Å². The predicted octanol–water partition coefficient (Wildman–Crippen LogP) is 4.93. The number of alkyl halides is 3. The van der Waals surface area contributed by atoms with E-state index in [0.717, 1.165) is 6.20 Å². The Morgan fingerprint density at radius 2 is 1.85 bits per heavy atom. The van der Waals surface area contributed by atoms with Crippen LogP contribution in [0.25, 0.3) is 17.1 Å². The van der Waals surface area contributed by atoms with Gasteiger partial charge in [0.25, 0.3) is 0 Å². The average molecular weight is 401 g/mol. The topological polar surface area (TPSA) is 55.1 Å². The third kappa shape index (κ3) is 4.14. The zero-order valence-electron chi connectivity index (χ0n) is 13.1. The van der Waals surface area contributed by atoms with Gasteiger partial charge in [-0.15, -0.1) is 0 Å². The van der Waals surface area contributed by atoms with Crippen LogP contribution in [0.5, 0.6) is 0 Å². The van der Waals surface area contributed by atoms with Crippen LogP contribution in [0.4, 0.5) is 13.2 Å². The predicted molar refractivity (Wildman–Crippen MR) is 93.5 cm³/mol. The van der Waals surface area contributed by atoms with Gasteiger partial charge in [-0.25, -0.2) is 9.19 Å². The van der Waals surface area contributed by atoms with Crippen LogP contribution >= 0.6 is 11.6 Å². The van der Waals surface area contributed by atoms with Crippen molar-refractivity contribution in [3.8, 4) is 17.1 Å². The Labute approximate surface area is 154 Å². The van der Waals surface area contributed by atoms with Crippen molar-refractivity contribution in [2.24, 2.45) is 0 Å². The van der Waals surface area contributed by atoms with Crippen molar-refractivity contribution in [1.82, 2.24) is 9.55 Å². The Bertz CT molecular complexity index is 955. The van der Waals surface area contributed by atoms with Gasteiger partial charge in [0.05, 0.1) is 5.75 Å². The first-order valence-corrected chi connectivity index (χ1v) is 8.99. The summed E-state index contributed by atoms with van der Waals surface area (Å²) >= 11 is 3.95. The summed E-state index contributed by atoms with van der Waals surface area (Å²) in [5.41, 5.74) is 0.451. The first-order chi connectivity index (χ1) is 12.2. The molecule has 1 unspecified atom stereocenters. The zero-order valence-corrected chi connectivity index (χ0v) is 14.6. The second-order valence-corrected chi connectivity index (χ2v) is 6.83. The molecule has 0 aliphatic rings. The summed E-state index contributed by atoms with van der Waals surface area (Å²) in [5, 5.41) is 0.381. The van der Waals surface area contributed by atoms with Crippen molar-refractivity contribution in [3.05, 3.63) is 71.0 Å². The molecular weight excluding hydrogens is 389 g/mol. The monoisotopic (exact) mass is 400 g/mol. The average Bonchev–Trinajstić information content (AvgIpc) is 3.00. The van der Waals surface area contributed by atoms with Crippen molar-refractivity contribution in [2.45, 2.75) is 11.9 Å². The van der Waals surface area contributed by atoms with Gasteiger partial charge in [0.15, 0.2) is 16.8 Å². The molecule has 1 N–H and O–H groups in total. The van der Waals surface area contributed by atoms with Gasteiger partial charge in [-0.2, -0.15) is 13.2 Å². The number of imidazole rings is 1. The van der Waals surface area contributed by atoms with Gasteiger partial charge < -0.3 is 4.55 Å². The molecule has 0 amide bonds. The van der Waals surface area contributed by atoms with Crippen molar-refractivity contribution in [3.63, 3.8) is 0 Å². The summed E-state index contributed by atoms with van der Waals surface area (Å²) in [7, 11) is 0. The van der Waals surface area contributed by atoms with E-state index in [4.69, 9.17) is 16.2 Å². The van der Waals surface area contributed by atoms with E-state index >= 15 is 0 Å². The number of benzene rings is 2. The standard InChI is InChI=1S/C17H12ClF3N2O2S/c18-13-3-1-2-12(8-13)16-22-15(17(19,20)21)9-23(16)14-6-4-11(5-7-14)10-26(24)25/h1-9H,10H2,(H,24,25). The summed E-state index contributed by atoms with van der Waals surface area (Å²) in [5.74, 6) is 0.0393. The van der Waals surface area contributed by atoms with Gasteiger partial charge in [0, 0.05) is 22.5 Å². The molecule has 9 heteroatoms. The van der Waals surface area contributed by atoms with Crippen LogP contribution in [0.1, 0.15) is 11.3 Å². The molecule has 0 aliphatic heterocycles. The molecule has 0 saturated carbocycles. The highest BCUT2D eigenvalue weighted by molar-refractivity contribution is 7.78. The summed E-state index contributed by atoms with van der Waals surface area (Å²) < 4.78 is 60.5. The molecule has 0 aliphatic carbocycles. The lowest BCUT2D eigenvalue weighted by Gasteiger charge is -2.09. The number of hydrogen-bond acceptors (Lipinski definition) is 2. The minimum atomic E-state index is -4.59. The zero-order chi connectivity index (χ0) is 18.9. The van der Waals surface area contributed by atoms with E-state index in [1.807, 2.05) is 0 Å². The number of aromatic nitrogens is 2. The molecule has 2 aromatic carbocycles. The molecule has 0 radical (unpaired) electrons. The summed E-state index contributed by atoms with van der Waals surface area (Å²) in [4.78, 5) is 3.73. The van der Waals surface area contributed by atoms with Crippen LogP contribution in [0.15, 0.2) is 54.7 Å². The Morgan fingerprint density at radius 3 is 2.42 bits per heavy atom. The molecule has 3 rings (SSSR count). The van der Waals surface area contributed by atoms with E-state index in [2.05, 4.69) is 4.98 Å². The minimum Gasteiger partial charge on any atom is -0.306 e. The van der Waals surface area contributed by atoms with Crippen LogP contribution < -0.4 is 0 Å². The van der Waals surface area contributed by atoms with Crippen LogP contribution in [0.2, 0.25) is 5.02 Å². The first kappa shape index (κ1) is 18.6. The second-order valence-electron chi connectivity index (χ2n) is 5.46. The third-order valence-electron chi connectivity index (χ3n) is 3.58. The quantitative estimate of drug-likeness (QED) is 0.631. The number of rotatable bonds is 4. The molecule has 136 valence electrons. The molecule has 0 spiro atoms. The third-order valence-corrected chi connectivity index (χ3v) is 4.40. The Morgan fingerprint density at radius 1 is 1.15 bits per heavy atom. The smallest absolute Gasteiger partial charge is 0.306 e. The van der Waals surface area contributed by atoms with Crippen LogP contribution in [0, 0.1) is 0 Å². The number of hydrogen-bond donors (Lipinski definition) is 1. The maximum atomic E-state index is 13.1. The maximum Gasteiger partial charge on any atom is 0.434 e. The van der Waals surface area contributed by atoms with E-state index in [0.29, 0.717) is 21.8 Å². The summed E-state index contributed by atoms with van der Waals surface area (Å²) in [6.07, 6.45) is -3.68. The van der Waals surface area contributed by atoms with Crippen LogP contribution in [-0.4, -0.2) is 18.3 Å².